The third-order valence-electron chi connectivity index (χ3n) is 2.90. The number of alkyl halides is 17. The molecule has 0 aromatic carbocycles. The molecule has 0 bridgehead atoms. The molecule has 182 valence electrons. The lowest BCUT2D eigenvalue weighted by atomic mass is 9.91. The summed E-state index contributed by atoms with van der Waals surface area (Å²) >= 11 is 0. The van der Waals surface area contributed by atoms with Crippen LogP contribution in [0.4, 0.5) is 78.5 Å². The van der Waals surface area contributed by atoms with Crippen LogP contribution in [0.1, 0.15) is 0 Å². The first-order valence-electron chi connectivity index (χ1n) is 5.82. The van der Waals surface area contributed by atoms with Crippen LogP contribution in [0.3, 0.4) is 0 Å². The molecule has 0 aromatic heterocycles. The molecule has 0 aromatic rings. The first kappa shape index (κ1) is 28.6. The number of halogens is 18. The Morgan fingerprint density at radius 1 is 0.433 bits per heavy atom. The van der Waals surface area contributed by atoms with Crippen molar-refractivity contribution in [3.8, 4) is 0 Å². The van der Waals surface area contributed by atoms with Crippen molar-refractivity contribution in [3.63, 3.8) is 0 Å². The molecule has 0 heterocycles. The Kier molecular flexibility index (Phi) is 6.52. The van der Waals surface area contributed by atoms with Crippen molar-refractivity contribution in [2.24, 2.45) is 0 Å². The van der Waals surface area contributed by atoms with Crippen LogP contribution in [0.2, 0.25) is 0 Å². The standard InChI is InChI=1S/C8F18O3S/c9-1(10,3(13,14)5(17,18)7(21,22)23)2(11,12)4(15,16)6(19,20)8(24,25)29-30(26,27)28. The van der Waals surface area contributed by atoms with Gasteiger partial charge in [-0.2, -0.15) is 87.2 Å². The molecular weight excluding hydrogens is 518 g/mol. The summed E-state index contributed by atoms with van der Waals surface area (Å²) in [6.45, 7) is 0. The van der Waals surface area contributed by atoms with Crippen molar-refractivity contribution in [2.45, 2.75) is 47.8 Å². The quantitative estimate of drug-likeness (QED) is 0.329. The molecule has 0 aliphatic rings. The summed E-state index contributed by atoms with van der Waals surface area (Å²) in [6, 6.07) is 0. The monoisotopic (exact) mass is 518 g/mol. The van der Waals surface area contributed by atoms with Gasteiger partial charge in [-0.3, -0.25) is 0 Å². The minimum absolute atomic E-state index is 1.34. The van der Waals surface area contributed by atoms with E-state index in [0.717, 1.165) is 0 Å². The molecule has 0 saturated heterocycles. The lowest BCUT2D eigenvalue weighted by Gasteiger charge is -2.42. The fourth-order valence-electron chi connectivity index (χ4n) is 1.33. The molecular formula is C8F18O3S. The maximum atomic E-state index is 13.1. The van der Waals surface area contributed by atoms with E-state index in [0.29, 0.717) is 0 Å². The Morgan fingerprint density at radius 2 is 0.667 bits per heavy atom. The minimum atomic E-state index is -8.91. The normalized spacial score (nSPS) is 16.7. The molecule has 0 aliphatic carbocycles. The summed E-state index contributed by atoms with van der Waals surface area (Å²) < 4.78 is 248. The highest BCUT2D eigenvalue weighted by molar-refractivity contribution is 7.81. The summed E-state index contributed by atoms with van der Waals surface area (Å²) in [5.41, 5.74) is 0. The van der Waals surface area contributed by atoms with E-state index in [1.54, 1.807) is 0 Å². The molecule has 30 heavy (non-hydrogen) atoms. The molecule has 0 saturated carbocycles. The fourth-order valence-corrected chi connectivity index (χ4v) is 1.68. The van der Waals surface area contributed by atoms with Gasteiger partial charge in [0, 0.05) is 0 Å². The smallest absolute Gasteiger partial charge is 0.192 e. The Balaban J connectivity index is 6.77. The SMILES string of the molecule is O=S(=O)(F)OC(F)(F)C(F)(F)C(F)(F)C(F)(F)C(F)(F)C(F)(F)C(F)(F)C(F)(F)F. The van der Waals surface area contributed by atoms with Gasteiger partial charge in [0.05, 0.1) is 0 Å². The van der Waals surface area contributed by atoms with Crippen LogP contribution in [-0.4, -0.2) is 56.2 Å². The third-order valence-corrected chi connectivity index (χ3v) is 3.31. The zero-order chi connectivity index (χ0) is 25.2. The van der Waals surface area contributed by atoms with Gasteiger partial charge in [0.25, 0.3) is 0 Å². The summed E-state index contributed by atoms with van der Waals surface area (Å²) in [5, 5.41) is 0. The first-order valence-corrected chi connectivity index (χ1v) is 7.13. The van der Waals surface area contributed by atoms with Crippen molar-refractivity contribution in [1.29, 1.82) is 0 Å². The molecule has 3 nitrogen and oxygen atoms in total. The van der Waals surface area contributed by atoms with Gasteiger partial charge in [0.2, 0.25) is 0 Å². The molecule has 22 heteroatoms. The van der Waals surface area contributed by atoms with E-state index < -0.39 is 58.3 Å². The van der Waals surface area contributed by atoms with Gasteiger partial charge in [-0.05, 0) is 0 Å². The maximum Gasteiger partial charge on any atom is 0.460 e. The van der Waals surface area contributed by atoms with Crippen molar-refractivity contribution in [3.05, 3.63) is 0 Å². The lowest BCUT2D eigenvalue weighted by Crippen LogP contribution is -2.74. The first-order chi connectivity index (χ1) is 12.5. The van der Waals surface area contributed by atoms with Gasteiger partial charge in [-0.15, -0.1) is 0 Å². The summed E-state index contributed by atoms with van der Waals surface area (Å²) in [5.74, 6) is -52.0. The fraction of sp³-hybridized carbons (Fsp3) is 1.00. The molecule has 0 aliphatic heterocycles. The van der Waals surface area contributed by atoms with Crippen LogP contribution >= 0.6 is 0 Å². The molecule has 0 radical (unpaired) electrons. The van der Waals surface area contributed by atoms with E-state index in [2.05, 4.69) is 0 Å². The molecule has 0 atom stereocenters. The van der Waals surface area contributed by atoms with Crippen molar-refractivity contribution < 1.29 is 91.1 Å². The van der Waals surface area contributed by atoms with Crippen molar-refractivity contribution in [2.75, 3.05) is 0 Å². The maximum absolute atomic E-state index is 13.1. The van der Waals surface area contributed by atoms with E-state index in [4.69, 9.17) is 0 Å². The molecule has 0 spiro atoms. The Hall–Kier alpha value is -1.35. The second kappa shape index (κ2) is 6.82. The Labute approximate surface area is 151 Å². The molecule has 0 rings (SSSR count). The van der Waals surface area contributed by atoms with Gasteiger partial charge in [-0.1, -0.05) is 3.89 Å². The number of rotatable bonds is 8. The van der Waals surface area contributed by atoms with E-state index in [1.807, 2.05) is 0 Å². The zero-order valence-electron chi connectivity index (χ0n) is 12.4. The second-order valence-electron chi connectivity index (χ2n) is 4.94. The predicted molar refractivity (Wildman–Crippen MR) is 51.8 cm³/mol. The molecule has 0 amide bonds. The van der Waals surface area contributed by atoms with E-state index in [-0.39, 0.29) is 0 Å². The average molecular weight is 518 g/mol. The largest absolute Gasteiger partial charge is 0.460 e. The van der Waals surface area contributed by atoms with E-state index in [1.165, 1.54) is 4.18 Å². The van der Waals surface area contributed by atoms with Crippen LogP contribution in [-0.2, 0) is 14.7 Å². The average Bonchev–Trinajstić information content (AvgIpc) is 2.41. The predicted octanol–water partition coefficient (Wildman–Crippen LogP) is 5.18. The van der Waals surface area contributed by atoms with E-state index in [9.17, 15) is 86.9 Å². The van der Waals surface area contributed by atoms with E-state index >= 15 is 0 Å². The summed E-state index contributed by atoms with van der Waals surface area (Å²) in [4.78, 5) is 0. The lowest BCUT2D eigenvalue weighted by molar-refractivity contribution is -0.471. The van der Waals surface area contributed by atoms with Crippen LogP contribution in [0.5, 0.6) is 0 Å². The van der Waals surface area contributed by atoms with Gasteiger partial charge < -0.3 is 0 Å². The molecule has 0 unspecified atom stereocenters. The molecule has 0 N–H and O–H groups in total. The molecule has 0 fully saturated rings. The zero-order valence-corrected chi connectivity index (χ0v) is 13.3. The van der Waals surface area contributed by atoms with Crippen LogP contribution in [0.25, 0.3) is 0 Å². The minimum Gasteiger partial charge on any atom is -0.192 e. The van der Waals surface area contributed by atoms with Crippen LogP contribution < -0.4 is 0 Å². The Morgan fingerprint density at radius 3 is 0.900 bits per heavy atom. The summed E-state index contributed by atoms with van der Waals surface area (Å²) in [7, 11) is -7.49. The van der Waals surface area contributed by atoms with Crippen molar-refractivity contribution >= 4 is 10.5 Å². The van der Waals surface area contributed by atoms with Gasteiger partial charge >= 0.3 is 58.3 Å². The third kappa shape index (κ3) is 3.83. The van der Waals surface area contributed by atoms with Gasteiger partial charge in [0.15, 0.2) is 0 Å². The highest BCUT2D eigenvalue weighted by Gasteiger charge is 2.95. The van der Waals surface area contributed by atoms with Crippen LogP contribution in [0.15, 0.2) is 0 Å². The number of hydrogen-bond donors (Lipinski definition) is 0. The van der Waals surface area contributed by atoms with Gasteiger partial charge in [0.1, 0.15) is 0 Å². The topological polar surface area (TPSA) is 43.4 Å². The summed E-state index contributed by atoms with van der Waals surface area (Å²) in [6.07, 6.45) is -15.7. The highest BCUT2D eigenvalue weighted by Crippen LogP contribution is 2.64. The van der Waals surface area contributed by atoms with Crippen LogP contribution in [0, 0.1) is 0 Å². The van der Waals surface area contributed by atoms with Gasteiger partial charge in [-0.25, -0.2) is 0 Å². The Bertz CT molecular complexity index is 748. The highest BCUT2D eigenvalue weighted by atomic mass is 32.3. The second-order valence-corrected chi connectivity index (χ2v) is 5.89. The number of hydrogen-bond acceptors (Lipinski definition) is 3. The van der Waals surface area contributed by atoms with Crippen molar-refractivity contribution in [1.82, 2.24) is 0 Å².